The van der Waals surface area contributed by atoms with Gasteiger partial charge in [0.25, 0.3) is 0 Å². The van der Waals surface area contributed by atoms with E-state index in [9.17, 15) is 8.78 Å². The molecule has 0 N–H and O–H groups in total. The van der Waals surface area contributed by atoms with E-state index in [2.05, 4.69) is 20.8 Å². The number of halogens is 3. The Morgan fingerprint density at radius 2 is 2.08 bits per heavy atom. The Morgan fingerprint density at radius 1 is 1.38 bits per heavy atom. The van der Waals surface area contributed by atoms with Crippen LogP contribution in [0.15, 0.2) is 0 Å². The third-order valence-corrected chi connectivity index (χ3v) is 3.65. The molecule has 2 aliphatic rings. The van der Waals surface area contributed by atoms with Gasteiger partial charge in [0.1, 0.15) is 0 Å². The van der Waals surface area contributed by atoms with Crippen molar-refractivity contribution in [2.45, 2.75) is 30.0 Å². The molecule has 1 atom stereocenters. The molecule has 1 saturated heterocycles. The van der Waals surface area contributed by atoms with Gasteiger partial charge in [-0.15, -0.1) is 0 Å². The third-order valence-electron chi connectivity index (χ3n) is 2.91. The highest BCUT2D eigenvalue weighted by molar-refractivity contribution is 9.09. The summed E-state index contributed by atoms with van der Waals surface area (Å²) < 4.78 is 25.0. The Bertz CT molecular complexity index is 190. The second-order valence-electron chi connectivity index (χ2n) is 4.28. The van der Waals surface area contributed by atoms with Crippen molar-refractivity contribution in [3.63, 3.8) is 0 Å². The second-order valence-corrected chi connectivity index (χ2v) is 5.57. The van der Waals surface area contributed by atoms with Crippen molar-refractivity contribution in [2.24, 2.45) is 5.92 Å². The molecule has 4 heteroatoms. The first kappa shape index (κ1) is 9.84. The van der Waals surface area contributed by atoms with Gasteiger partial charge in [-0.05, 0) is 18.9 Å². The summed E-state index contributed by atoms with van der Waals surface area (Å²) in [5.74, 6) is -2.11. The molecule has 1 aliphatic heterocycles. The fourth-order valence-corrected chi connectivity index (χ4v) is 2.84. The maximum atomic E-state index is 12.5. The van der Waals surface area contributed by atoms with Crippen LogP contribution in [0.5, 0.6) is 0 Å². The smallest absolute Gasteiger partial charge is 0.248 e. The van der Waals surface area contributed by atoms with E-state index in [1.165, 1.54) is 0 Å². The standard InChI is InChI=1S/C9H14BrF2N/c10-8-1-2-13(6-8)5-7-3-9(11,12)4-7/h7-8H,1-6H2. The zero-order chi connectivity index (χ0) is 9.47. The van der Waals surface area contributed by atoms with Crippen molar-refractivity contribution in [3.8, 4) is 0 Å². The van der Waals surface area contributed by atoms with E-state index in [0.717, 1.165) is 26.1 Å². The van der Waals surface area contributed by atoms with Gasteiger partial charge in [-0.3, -0.25) is 0 Å². The number of nitrogens with zero attached hydrogens (tertiary/aromatic N) is 1. The molecule has 1 aliphatic carbocycles. The average Bonchev–Trinajstić information content (AvgIpc) is 2.31. The molecule has 2 fully saturated rings. The lowest BCUT2D eigenvalue weighted by Crippen LogP contribution is -2.42. The van der Waals surface area contributed by atoms with Crippen LogP contribution in [0.1, 0.15) is 19.3 Å². The second kappa shape index (κ2) is 3.46. The van der Waals surface area contributed by atoms with E-state index in [1.54, 1.807) is 0 Å². The summed E-state index contributed by atoms with van der Waals surface area (Å²) in [6.07, 6.45) is 1.37. The van der Waals surface area contributed by atoms with Crippen LogP contribution in [0.25, 0.3) is 0 Å². The Kier molecular flexibility index (Phi) is 2.62. The lowest BCUT2D eigenvalue weighted by atomic mass is 9.81. The van der Waals surface area contributed by atoms with Crippen molar-refractivity contribution in [2.75, 3.05) is 19.6 Å². The predicted octanol–water partition coefficient (Wildman–Crippen LogP) is 2.50. The van der Waals surface area contributed by atoms with Gasteiger partial charge in [0.05, 0.1) is 0 Å². The quantitative estimate of drug-likeness (QED) is 0.684. The number of hydrogen-bond acceptors (Lipinski definition) is 1. The van der Waals surface area contributed by atoms with Gasteiger partial charge < -0.3 is 4.90 Å². The number of rotatable bonds is 2. The van der Waals surface area contributed by atoms with Crippen molar-refractivity contribution < 1.29 is 8.78 Å². The monoisotopic (exact) mass is 253 g/mol. The fourth-order valence-electron chi connectivity index (χ4n) is 2.23. The predicted molar refractivity (Wildman–Crippen MR) is 51.4 cm³/mol. The zero-order valence-electron chi connectivity index (χ0n) is 7.48. The molecule has 2 rings (SSSR count). The summed E-state index contributed by atoms with van der Waals surface area (Å²) in [5, 5.41) is 0. The molecular weight excluding hydrogens is 240 g/mol. The van der Waals surface area contributed by atoms with Crippen LogP contribution in [0.3, 0.4) is 0 Å². The van der Waals surface area contributed by atoms with E-state index in [-0.39, 0.29) is 18.8 Å². The maximum absolute atomic E-state index is 12.5. The largest absolute Gasteiger partial charge is 0.302 e. The highest BCUT2D eigenvalue weighted by atomic mass is 79.9. The zero-order valence-corrected chi connectivity index (χ0v) is 9.06. The SMILES string of the molecule is FC1(F)CC(CN2CCC(Br)C2)C1. The van der Waals surface area contributed by atoms with Crippen molar-refractivity contribution in [1.29, 1.82) is 0 Å². The third kappa shape index (κ3) is 2.40. The molecule has 0 aromatic heterocycles. The molecule has 1 unspecified atom stereocenters. The fraction of sp³-hybridized carbons (Fsp3) is 1.00. The van der Waals surface area contributed by atoms with E-state index in [1.807, 2.05) is 0 Å². The lowest BCUT2D eigenvalue weighted by Gasteiger charge is -2.37. The minimum Gasteiger partial charge on any atom is -0.302 e. The van der Waals surface area contributed by atoms with Crippen LogP contribution >= 0.6 is 15.9 Å². The van der Waals surface area contributed by atoms with Crippen LogP contribution in [0.2, 0.25) is 0 Å². The Balaban J connectivity index is 1.69. The minimum atomic E-state index is -2.35. The topological polar surface area (TPSA) is 3.24 Å². The van der Waals surface area contributed by atoms with Gasteiger partial charge in [0, 0.05) is 30.8 Å². The van der Waals surface area contributed by atoms with Gasteiger partial charge in [0.2, 0.25) is 5.92 Å². The highest BCUT2D eigenvalue weighted by Gasteiger charge is 2.45. The van der Waals surface area contributed by atoms with E-state index in [0.29, 0.717) is 4.83 Å². The number of hydrogen-bond donors (Lipinski definition) is 0. The summed E-state index contributed by atoms with van der Waals surface area (Å²) in [4.78, 5) is 2.87. The van der Waals surface area contributed by atoms with E-state index >= 15 is 0 Å². The summed E-state index contributed by atoms with van der Waals surface area (Å²) >= 11 is 3.54. The van der Waals surface area contributed by atoms with Crippen molar-refractivity contribution >= 4 is 15.9 Å². The van der Waals surface area contributed by atoms with Gasteiger partial charge in [-0.1, -0.05) is 15.9 Å². The summed E-state index contributed by atoms with van der Waals surface area (Å²) in [5.41, 5.74) is 0. The average molecular weight is 254 g/mol. The van der Waals surface area contributed by atoms with Crippen LogP contribution in [0, 0.1) is 5.92 Å². The molecule has 0 amide bonds. The molecule has 0 radical (unpaired) electrons. The summed E-state index contributed by atoms with van der Waals surface area (Å²) in [6, 6.07) is 0. The molecule has 0 aromatic rings. The first-order valence-electron chi connectivity index (χ1n) is 4.79. The molecule has 1 heterocycles. The molecule has 0 bridgehead atoms. The molecule has 0 spiro atoms. The number of likely N-dealkylation sites (tertiary alicyclic amines) is 1. The maximum Gasteiger partial charge on any atom is 0.248 e. The minimum absolute atomic E-state index is 0.108. The van der Waals surface area contributed by atoms with Gasteiger partial charge in [-0.2, -0.15) is 0 Å². The van der Waals surface area contributed by atoms with Crippen LogP contribution in [-0.2, 0) is 0 Å². The first-order chi connectivity index (χ1) is 6.05. The van der Waals surface area contributed by atoms with Crippen molar-refractivity contribution in [3.05, 3.63) is 0 Å². The first-order valence-corrected chi connectivity index (χ1v) is 5.71. The summed E-state index contributed by atoms with van der Waals surface area (Å²) in [7, 11) is 0. The number of alkyl halides is 3. The van der Waals surface area contributed by atoms with Crippen molar-refractivity contribution in [1.82, 2.24) is 4.90 Å². The van der Waals surface area contributed by atoms with Gasteiger partial charge in [0.15, 0.2) is 0 Å². The van der Waals surface area contributed by atoms with Gasteiger partial charge >= 0.3 is 0 Å². The summed E-state index contributed by atoms with van der Waals surface area (Å²) in [6.45, 7) is 2.97. The molecule has 76 valence electrons. The molecule has 1 nitrogen and oxygen atoms in total. The van der Waals surface area contributed by atoms with Crippen LogP contribution in [-0.4, -0.2) is 35.3 Å². The Hall–Kier alpha value is 0.300. The Labute approximate surface area is 85.6 Å². The molecule has 1 saturated carbocycles. The van der Waals surface area contributed by atoms with E-state index < -0.39 is 5.92 Å². The normalized spacial score (nSPS) is 34.8. The Morgan fingerprint density at radius 3 is 2.54 bits per heavy atom. The van der Waals surface area contributed by atoms with Crippen LogP contribution < -0.4 is 0 Å². The van der Waals surface area contributed by atoms with E-state index in [4.69, 9.17) is 0 Å². The molecular formula is C9H14BrF2N. The van der Waals surface area contributed by atoms with Crippen LogP contribution in [0.4, 0.5) is 8.78 Å². The molecule has 13 heavy (non-hydrogen) atoms. The van der Waals surface area contributed by atoms with Gasteiger partial charge in [-0.25, -0.2) is 8.78 Å². The lowest BCUT2D eigenvalue weighted by molar-refractivity contribution is -0.115. The highest BCUT2D eigenvalue weighted by Crippen LogP contribution is 2.42. The molecule has 0 aromatic carbocycles.